The lowest BCUT2D eigenvalue weighted by Crippen LogP contribution is -2.28. The Balaban J connectivity index is 0.00000144. The third-order valence-electron chi connectivity index (χ3n) is 3.78. The van der Waals surface area contributed by atoms with Gasteiger partial charge in [0.1, 0.15) is 0 Å². The molecule has 1 aromatic carbocycles. The van der Waals surface area contributed by atoms with Gasteiger partial charge in [-0.05, 0) is 49.3 Å². The first-order valence-corrected chi connectivity index (χ1v) is 6.09. The lowest BCUT2D eigenvalue weighted by atomic mass is 9.85. The molecule has 17 heavy (non-hydrogen) atoms. The van der Waals surface area contributed by atoms with Crippen molar-refractivity contribution >= 4 is 12.4 Å². The molecule has 0 unspecified atom stereocenters. The van der Waals surface area contributed by atoms with Crippen LogP contribution in [-0.4, -0.2) is 13.2 Å². The van der Waals surface area contributed by atoms with Crippen LogP contribution in [-0.2, 0) is 4.74 Å². The standard InChI is InChI=1S/C14H21NO.ClH/c1-10-4-3-5-13(11(10)2)14(15)12-6-8-16-9-7-12;/h3-5,12,14H,6-9,15H2,1-2H3;1H/t14-;/m1./s1. The zero-order valence-corrected chi connectivity index (χ0v) is 11.4. The molecule has 3 heteroatoms. The topological polar surface area (TPSA) is 35.2 Å². The predicted octanol–water partition coefficient (Wildman–Crippen LogP) is 3.15. The van der Waals surface area contributed by atoms with Gasteiger partial charge in [-0.25, -0.2) is 0 Å². The van der Waals surface area contributed by atoms with E-state index in [1.54, 1.807) is 0 Å². The highest BCUT2D eigenvalue weighted by atomic mass is 35.5. The van der Waals surface area contributed by atoms with Crippen molar-refractivity contribution in [1.29, 1.82) is 0 Å². The van der Waals surface area contributed by atoms with Crippen molar-refractivity contribution in [1.82, 2.24) is 0 Å². The molecule has 1 aromatic rings. The van der Waals surface area contributed by atoms with E-state index in [1.807, 2.05) is 0 Å². The summed E-state index contributed by atoms with van der Waals surface area (Å²) in [5.41, 5.74) is 10.4. The van der Waals surface area contributed by atoms with Crippen molar-refractivity contribution in [3.63, 3.8) is 0 Å². The van der Waals surface area contributed by atoms with Crippen LogP contribution in [0.3, 0.4) is 0 Å². The maximum Gasteiger partial charge on any atom is 0.0469 e. The Labute approximate surface area is 110 Å². The van der Waals surface area contributed by atoms with Crippen LogP contribution < -0.4 is 5.73 Å². The van der Waals surface area contributed by atoms with Crippen LogP contribution >= 0.6 is 12.4 Å². The van der Waals surface area contributed by atoms with E-state index in [9.17, 15) is 0 Å². The quantitative estimate of drug-likeness (QED) is 0.881. The molecule has 1 heterocycles. The van der Waals surface area contributed by atoms with Crippen LogP contribution in [0.4, 0.5) is 0 Å². The van der Waals surface area contributed by atoms with Gasteiger partial charge in [0.15, 0.2) is 0 Å². The Bertz CT molecular complexity index is 361. The van der Waals surface area contributed by atoms with Crippen molar-refractivity contribution in [2.24, 2.45) is 11.7 Å². The van der Waals surface area contributed by atoms with E-state index in [2.05, 4.69) is 32.0 Å². The summed E-state index contributed by atoms with van der Waals surface area (Å²) in [6.07, 6.45) is 2.18. The van der Waals surface area contributed by atoms with E-state index < -0.39 is 0 Å². The van der Waals surface area contributed by atoms with Crippen LogP contribution in [0.15, 0.2) is 18.2 Å². The summed E-state index contributed by atoms with van der Waals surface area (Å²) < 4.78 is 5.38. The molecule has 2 N–H and O–H groups in total. The Kier molecular flexibility index (Phi) is 5.44. The number of hydrogen-bond acceptors (Lipinski definition) is 2. The first kappa shape index (κ1) is 14.5. The molecule has 2 rings (SSSR count). The Hall–Kier alpha value is -0.570. The number of hydrogen-bond donors (Lipinski definition) is 1. The second-order valence-electron chi connectivity index (χ2n) is 4.76. The first-order valence-electron chi connectivity index (χ1n) is 6.09. The molecule has 96 valence electrons. The van der Waals surface area contributed by atoms with Gasteiger partial charge in [0, 0.05) is 19.3 Å². The Morgan fingerprint density at radius 1 is 1.24 bits per heavy atom. The largest absolute Gasteiger partial charge is 0.381 e. The van der Waals surface area contributed by atoms with Crippen LogP contribution in [0.1, 0.15) is 35.6 Å². The fourth-order valence-corrected chi connectivity index (χ4v) is 2.46. The highest BCUT2D eigenvalue weighted by Gasteiger charge is 2.23. The summed E-state index contributed by atoms with van der Waals surface area (Å²) in [7, 11) is 0. The van der Waals surface area contributed by atoms with Gasteiger partial charge < -0.3 is 10.5 Å². The normalized spacial score (nSPS) is 18.5. The van der Waals surface area contributed by atoms with E-state index in [1.165, 1.54) is 16.7 Å². The molecule has 0 aromatic heterocycles. The third-order valence-corrected chi connectivity index (χ3v) is 3.78. The van der Waals surface area contributed by atoms with Gasteiger partial charge in [-0.3, -0.25) is 0 Å². The highest BCUT2D eigenvalue weighted by molar-refractivity contribution is 5.85. The smallest absolute Gasteiger partial charge is 0.0469 e. The minimum Gasteiger partial charge on any atom is -0.381 e. The number of aryl methyl sites for hydroxylation is 1. The SMILES string of the molecule is Cc1cccc([C@H](N)C2CCOCC2)c1C.Cl. The summed E-state index contributed by atoms with van der Waals surface area (Å²) in [6, 6.07) is 6.60. The van der Waals surface area contributed by atoms with Crippen molar-refractivity contribution in [3.05, 3.63) is 34.9 Å². The first-order chi connectivity index (χ1) is 7.70. The molecule has 0 bridgehead atoms. The average Bonchev–Trinajstić information content (AvgIpc) is 2.33. The molecule has 1 aliphatic rings. The molecule has 1 fully saturated rings. The summed E-state index contributed by atoms with van der Waals surface area (Å²) in [5, 5.41) is 0. The summed E-state index contributed by atoms with van der Waals surface area (Å²) in [6.45, 7) is 6.05. The molecule has 2 nitrogen and oxygen atoms in total. The highest BCUT2D eigenvalue weighted by Crippen LogP contribution is 2.30. The second-order valence-corrected chi connectivity index (χ2v) is 4.76. The zero-order valence-electron chi connectivity index (χ0n) is 10.6. The lowest BCUT2D eigenvalue weighted by Gasteiger charge is -2.29. The molecular formula is C14H22ClNO. The summed E-state index contributed by atoms with van der Waals surface area (Å²) >= 11 is 0. The van der Waals surface area contributed by atoms with Crippen LogP contribution in [0.2, 0.25) is 0 Å². The molecule has 0 aliphatic carbocycles. The number of rotatable bonds is 2. The van der Waals surface area contributed by atoms with Crippen LogP contribution in [0.25, 0.3) is 0 Å². The fourth-order valence-electron chi connectivity index (χ4n) is 2.46. The van der Waals surface area contributed by atoms with E-state index in [-0.39, 0.29) is 18.4 Å². The second kappa shape index (κ2) is 6.39. The maximum absolute atomic E-state index is 6.38. The Morgan fingerprint density at radius 2 is 1.88 bits per heavy atom. The molecule has 0 radical (unpaired) electrons. The number of benzene rings is 1. The van der Waals surface area contributed by atoms with E-state index in [4.69, 9.17) is 10.5 Å². The van der Waals surface area contributed by atoms with Crippen LogP contribution in [0, 0.1) is 19.8 Å². The van der Waals surface area contributed by atoms with E-state index in [0.29, 0.717) is 5.92 Å². The van der Waals surface area contributed by atoms with Crippen molar-refractivity contribution < 1.29 is 4.74 Å². The maximum atomic E-state index is 6.38. The van der Waals surface area contributed by atoms with Gasteiger partial charge in [-0.2, -0.15) is 0 Å². The molecule has 1 aliphatic heterocycles. The summed E-state index contributed by atoms with van der Waals surface area (Å²) in [4.78, 5) is 0. The number of halogens is 1. The molecule has 0 saturated carbocycles. The van der Waals surface area contributed by atoms with Crippen LogP contribution in [0.5, 0.6) is 0 Å². The fraction of sp³-hybridized carbons (Fsp3) is 0.571. The molecular weight excluding hydrogens is 234 g/mol. The Morgan fingerprint density at radius 3 is 2.53 bits per heavy atom. The van der Waals surface area contributed by atoms with Gasteiger partial charge in [0.25, 0.3) is 0 Å². The number of ether oxygens (including phenoxy) is 1. The van der Waals surface area contributed by atoms with Gasteiger partial charge in [-0.15, -0.1) is 12.4 Å². The van der Waals surface area contributed by atoms with Gasteiger partial charge in [0.05, 0.1) is 0 Å². The zero-order chi connectivity index (χ0) is 11.5. The predicted molar refractivity (Wildman–Crippen MR) is 73.6 cm³/mol. The molecule has 0 spiro atoms. The van der Waals surface area contributed by atoms with Gasteiger partial charge in [-0.1, -0.05) is 18.2 Å². The van der Waals surface area contributed by atoms with E-state index in [0.717, 1.165) is 26.1 Å². The monoisotopic (exact) mass is 255 g/mol. The summed E-state index contributed by atoms with van der Waals surface area (Å²) in [5.74, 6) is 0.578. The minimum atomic E-state index is 0. The van der Waals surface area contributed by atoms with Crippen molar-refractivity contribution in [3.8, 4) is 0 Å². The van der Waals surface area contributed by atoms with Gasteiger partial charge in [0.2, 0.25) is 0 Å². The molecule has 1 saturated heterocycles. The van der Waals surface area contributed by atoms with Crippen molar-refractivity contribution in [2.45, 2.75) is 32.7 Å². The van der Waals surface area contributed by atoms with Gasteiger partial charge >= 0.3 is 0 Å². The third kappa shape index (κ3) is 3.21. The van der Waals surface area contributed by atoms with E-state index >= 15 is 0 Å². The molecule has 0 amide bonds. The average molecular weight is 256 g/mol. The lowest BCUT2D eigenvalue weighted by molar-refractivity contribution is 0.0583. The van der Waals surface area contributed by atoms with Crippen molar-refractivity contribution in [2.75, 3.05) is 13.2 Å². The molecule has 1 atom stereocenters. The number of nitrogens with two attached hydrogens (primary N) is 1. The minimum absolute atomic E-state index is 0.